The lowest BCUT2D eigenvalue weighted by Gasteiger charge is -2.33. The predicted octanol–water partition coefficient (Wildman–Crippen LogP) is 1.45. The first-order chi connectivity index (χ1) is 17.3. The summed E-state index contributed by atoms with van der Waals surface area (Å²) in [7, 11) is -1.90. The third-order valence-electron chi connectivity index (χ3n) is 6.54. The second kappa shape index (κ2) is 11.5. The van der Waals surface area contributed by atoms with Crippen LogP contribution in [0, 0.1) is 11.3 Å². The van der Waals surface area contributed by atoms with Crippen molar-refractivity contribution >= 4 is 19.1 Å². The van der Waals surface area contributed by atoms with Crippen molar-refractivity contribution in [3.8, 4) is 6.07 Å². The molecule has 37 heavy (non-hydrogen) atoms. The number of halogens is 3. The minimum Gasteiger partial charge on any atom is -0.441 e. The number of alkyl halides is 3. The lowest BCUT2D eigenvalue weighted by molar-refractivity contribution is -0.126. The van der Waals surface area contributed by atoms with Crippen LogP contribution >= 0.6 is 0 Å². The first-order valence-corrected chi connectivity index (χ1v) is 11.9. The van der Waals surface area contributed by atoms with Crippen LogP contribution in [0.25, 0.3) is 0 Å². The van der Waals surface area contributed by atoms with Crippen molar-refractivity contribution in [1.82, 2.24) is 15.1 Å². The van der Waals surface area contributed by atoms with Gasteiger partial charge in [-0.25, -0.2) is 18.0 Å². The van der Waals surface area contributed by atoms with E-state index in [1.54, 1.807) is 50.2 Å². The maximum absolute atomic E-state index is 14.6. The molecule has 0 bridgehead atoms. The highest BCUT2D eigenvalue weighted by Crippen LogP contribution is 2.33. The number of alkyl carbamates (subject to hydrolysis) is 1. The molecule has 200 valence electrons. The average molecular weight is 522 g/mol. The van der Waals surface area contributed by atoms with Gasteiger partial charge >= 0.3 is 13.2 Å². The second-order valence-corrected chi connectivity index (χ2v) is 9.88. The first kappa shape index (κ1) is 28.5. The second-order valence-electron chi connectivity index (χ2n) is 9.88. The number of hydrogen-bond acceptors (Lipinski definition) is 7. The Hall–Kier alpha value is -3.08. The van der Waals surface area contributed by atoms with Crippen molar-refractivity contribution < 1.29 is 37.5 Å². The molecule has 1 aromatic rings. The van der Waals surface area contributed by atoms with Gasteiger partial charge in [0.25, 0.3) is 11.8 Å². The SMILES string of the molecule is CC(C)(C=C(C#N)C(=O)N1C[C@@H](F)[C@H](OC(=O)N[C@@H](Cc2ccccc2)B(O)O)C1)N1CCC(F)(F)C1. The summed E-state index contributed by atoms with van der Waals surface area (Å²) in [5.41, 5.74) is -0.633. The van der Waals surface area contributed by atoms with E-state index >= 15 is 0 Å². The topological polar surface area (TPSA) is 126 Å². The molecule has 0 saturated carbocycles. The van der Waals surface area contributed by atoms with Crippen LogP contribution in [-0.2, 0) is 16.0 Å². The van der Waals surface area contributed by atoms with Gasteiger partial charge in [-0.1, -0.05) is 30.3 Å². The monoisotopic (exact) mass is 522 g/mol. The number of carbonyl (C=O) groups is 2. The molecule has 0 aliphatic carbocycles. The van der Waals surface area contributed by atoms with Crippen molar-refractivity contribution in [3.05, 3.63) is 47.5 Å². The summed E-state index contributed by atoms with van der Waals surface area (Å²) in [5, 5.41) is 31.1. The highest BCUT2D eigenvalue weighted by atomic mass is 19.3. The summed E-state index contributed by atoms with van der Waals surface area (Å²) >= 11 is 0. The Balaban J connectivity index is 1.61. The van der Waals surface area contributed by atoms with Gasteiger partial charge in [0.05, 0.1) is 25.6 Å². The van der Waals surface area contributed by atoms with E-state index in [2.05, 4.69) is 5.32 Å². The van der Waals surface area contributed by atoms with Crippen molar-refractivity contribution in [2.45, 2.75) is 56.4 Å². The third-order valence-corrected chi connectivity index (χ3v) is 6.54. The van der Waals surface area contributed by atoms with E-state index in [1.165, 1.54) is 11.0 Å². The summed E-state index contributed by atoms with van der Waals surface area (Å²) in [6.45, 7) is 2.04. The first-order valence-electron chi connectivity index (χ1n) is 11.9. The Morgan fingerprint density at radius 1 is 1.32 bits per heavy atom. The molecule has 3 atom stereocenters. The molecule has 2 aliphatic rings. The zero-order valence-electron chi connectivity index (χ0n) is 20.6. The van der Waals surface area contributed by atoms with Gasteiger partial charge in [-0.05, 0) is 31.9 Å². The molecule has 0 spiro atoms. The van der Waals surface area contributed by atoms with Gasteiger partial charge in [0.15, 0.2) is 12.3 Å². The number of nitrogens with zero attached hydrogens (tertiary/aromatic N) is 3. The summed E-state index contributed by atoms with van der Waals surface area (Å²) in [6, 6.07) is 10.5. The van der Waals surface area contributed by atoms with Crippen LogP contribution in [-0.4, -0.2) is 94.8 Å². The molecule has 2 saturated heterocycles. The fourth-order valence-corrected chi connectivity index (χ4v) is 4.42. The molecule has 1 aromatic carbocycles. The molecule has 2 heterocycles. The van der Waals surface area contributed by atoms with E-state index in [0.717, 1.165) is 10.5 Å². The lowest BCUT2D eigenvalue weighted by Crippen LogP contribution is -2.49. The molecule has 2 fully saturated rings. The third kappa shape index (κ3) is 7.47. The molecule has 9 nitrogen and oxygen atoms in total. The van der Waals surface area contributed by atoms with Crippen molar-refractivity contribution in [1.29, 1.82) is 5.26 Å². The molecule has 13 heteroatoms. The maximum atomic E-state index is 14.6. The van der Waals surface area contributed by atoms with Crippen LogP contribution in [0.1, 0.15) is 25.8 Å². The number of rotatable bonds is 8. The van der Waals surface area contributed by atoms with Gasteiger partial charge in [0.2, 0.25) is 0 Å². The number of benzene rings is 1. The number of amides is 2. The van der Waals surface area contributed by atoms with Crippen LogP contribution in [0.2, 0.25) is 0 Å². The normalized spacial score (nSPS) is 22.9. The Kier molecular flexibility index (Phi) is 8.89. The van der Waals surface area contributed by atoms with Gasteiger partial charge in [-0.2, -0.15) is 5.26 Å². The molecular weight excluding hydrogens is 492 g/mol. The highest BCUT2D eigenvalue weighted by molar-refractivity contribution is 6.43. The van der Waals surface area contributed by atoms with Crippen LogP contribution in [0.4, 0.5) is 18.0 Å². The largest absolute Gasteiger partial charge is 0.475 e. The van der Waals surface area contributed by atoms with E-state index < -0.39 is 61.9 Å². The van der Waals surface area contributed by atoms with Crippen molar-refractivity contribution in [2.24, 2.45) is 0 Å². The Bertz CT molecular complexity index is 1050. The zero-order chi connectivity index (χ0) is 27.4. The molecule has 0 aromatic heterocycles. The average Bonchev–Trinajstić information content (AvgIpc) is 3.39. The number of nitriles is 1. The van der Waals surface area contributed by atoms with Gasteiger partial charge in [0, 0.05) is 18.5 Å². The number of likely N-dealkylation sites (tertiary alicyclic amines) is 2. The highest BCUT2D eigenvalue weighted by Gasteiger charge is 2.44. The van der Waals surface area contributed by atoms with Crippen LogP contribution in [0.3, 0.4) is 0 Å². The number of hydrogen-bond donors (Lipinski definition) is 3. The molecule has 0 radical (unpaired) electrons. The number of ether oxygens (including phenoxy) is 1. The van der Waals surface area contributed by atoms with Crippen LogP contribution in [0.15, 0.2) is 42.0 Å². The molecular formula is C24H30BF3N4O5. The summed E-state index contributed by atoms with van der Waals surface area (Å²) in [6.07, 6.45) is -3.13. The van der Waals surface area contributed by atoms with E-state index in [4.69, 9.17) is 4.74 Å². The Morgan fingerprint density at radius 2 is 2.00 bits per heavy atom. The predicted molar refractivity (Wildman–Crippen MR) is 128 cm³/mol. The van der Waals surface area contributed by atoms with Crippen molar-refractivity contribution in [3.63, 3.8) is 0 Å². The lowest BCUT2D eigenvalue weighted by atomic mass is 9.76. The minimum atomic E-state index is -2.85. The Morgan fingerprint density at radius 3 is 2.57 bits per heavy atom. The Labute approximate surface area is 213 Å². The standard InChI is InChI=1S/C24H30BF3N4O5/c1-23(2,32-9-8-24(27,28)15-32)11-17(12-29)21(33)31-13-18(26)19(14-31)37-22(34)30-20(25(35)36)10-16-6-4-3-5-7-16/h3-7,11,18-20,35-36H,8-10,13-15H2,1-2H3,(H,30,34)/t18-,19-,20+/m1/s1. The fraction of sp³-hybridized carbons (Fsp3) is 0.542. The quantitative estimate of drug-likeness (QED) is 0.268. The smallest absolute Gasteiger partial charge is 0.441 e. The fourth-order valence-electron chi connectivity index (χ4n) is 4.42. The molecule has 2 amide bonds. The van der Waals surface area contributed by atoms with E-state index in [1.807, 2.05) is 0 Å². The van der Waals surface area contributed by atoms with Gasteiger partial charge in [0.1, 0.15) is 11.6 Å². The van der Waals surface area contributed by atoms with Crippen molar-refractivity contribution in [2.75, 3.05) is 26.2 Å². The summed E-state index contributed by atoms with van der Waals surface area (Å²) in [4.78, 5) is 27.8. The summed E-state index contributed by atoms with van der Waals surface area (Å²) < 4.78 is 47.1. The van der Waals surface area contributed by atoms with E-state index in [-0.39, 0.29) is 31.5 Å². The summed E-state index contributed by atoms with van der Waals surface area (Å²) in [5.74, 6) is -4.78. The van der Waals surface area contributed by atoms with Crippen LogP contribution in [0.5, 0.6) is 0 Å². The van der Waals surface area contributed by atoms with Gasteiger partial charge in [-0.15, -0.1) is 0 Å². The van der Waals surface area contributed by atoms with Crippen LogP contribution < -0.4 is 5.32 Å². The van der Waals surface area contributed by atoms with E-state index in [9.17, 15) is 38.1 Å². The maximum Gasteiger partial charge on any atom is 0.475 e. The molecule has 3 rings (SSSR count). The molecule has 0 unspecified atom stereocenters. The van der Waals surface area contributed by atoms with Gasteiger partial charge in [-0.3, -0.25) is 9.69 Å². The van der Waals surface area contributed by atoms with Gasteiger partial charge < -0.3 is 25.0 Å². The molecule has 3 N–H and O–H groups in total. The van der Waals surface area contributed by atoms with E-state index in [0.29, 0.717) is 0 Å². The number of nitrogens with one attached hydrogen (secondary N) is 1. The minimum absolute atomic E-state index is 0.0804. The molecule has 2 aliphatic heterocycles. The number of carbonyl (C=O) groups excluding carboxylic acids is 2. The zero-order valence-corrected chi connectivity index (χ0v) is 20.6.